The third-order valence-corrected chi connectivity index (χ3v) is 3.25. The summed E-state index contributed by atoms with van der Waals surface area (Å²) in [6, 6.07) is 12.6. The van der Waals surface area contributed by atoms with Crippen LogP contribution in [0.5, 0.6) is 0 Å². The Morgan fingerprint density at radius 3 is 2.59 bits per heavy atom. The molecule has 1 nitrogen and oxygen atoms in total. The molecule has 2 rings (SSSR count). The normalized spacial score (nSPS) is 10.9. The number of hydrogen-bond acceptors (Lipinski definition) is 1. The van der Waals surface area contributed by atoms with Crippen LogP contribution in [0.25, 0.3) is 10.8 Å². The Bertz CT molecular complexity index is 488. The summed E-state index contributed by atoms with van der Waals surface area (Å²) < 4.78 is 0. The van der Waals surface area contributed by atoms with E-state index in [0.717, 1.165) is 18.5 Å². The zero-order valence-corrected chi connectivity index (χ0v) is 10.3. The molecule has 0 unspecified atom stereocenters. The lowest BCUT2D eigenvalue weighted by molar-refractivity contribution is 0.688. The summed E-state index contributed by atoms with van der Waals surface area (Å²) in [7, 11) is 0. The minimum Gasteiger partial charge on any atom is -0.398 e. The lowest BCUT2D eigenvalue weighted by Crippen LogP contribution is -1.96. The van der Waals surface area contributed by atoms with E-state index in [9.17, 15) is 0 Å². The van der Waals surface area contributed by atoms with Crippen molar-refractivity contribution in [3.05, 3.63) is 48.9 Å². The summed E-state index contributed by atoms with van der Waals surface area (Å²) in [4.78, 5) is 0. The van der Waals surface area contributed by atoms with Gasteiger partial charge in [0, 0.05) is 5.69 Å². The van der Waals surface area contributed by atoms with Gasteiger partial charge in [0.05, 0.1) is 0 Å². The second-order valence-corrected chi connectivity index (χ2v) is 4.52. The number of nitrogen functional groups attached to an aromatic ring is 1. The van der Waals surface area contributed by atoms with E-state index in [1.54, 1.807) is 0 Å². The second-order valence-electron chi connectivity index (χ2n) is 4.52. The van der Waals surface area contributed by atoms with E-state index >= 15 is 0 Å². The van der Waals surface area contributed by atoms with Gasteiger partial charge in [-0.1, -0.05) is 56.5 Å². The van der Waals surface area contributed by atoms with Gasteiger partial charge in [0.2, 0.25) is 0 Å². The molecule has 17 heavy (non-hydrogen) atoms. The molecular formula is C16H20N. The number of hydrogen-bond donors (Lipinski definition) is 1. The zero-order chi connectivity index (χ0) is 12.1. The molecule has 1 heteroatoms. The number of rotatable bonds is 5. The van der Waals surface area contributed by atoms with E-state index in [1.165, 1.54) is 35.6 Å². The number of aryl methyl sites for hydroxylation is 1. The van der Waals surface area contributed by atoms with Gasteiger partial charge in [0.15, 0.2) is 0 Å². The van der Waals surface area contributed by atoms with Gasteiger partial charge in [-0.2, -0.15) is 0 Å². The van der Waals surface area contributed by atoms with Crippen molar-refractivity contribution in [2.75, 3.05) is 5.73 Å². The number of unbranched alkanes of at least 4 members (excludes halogenated alkanes) is 3. The number of fused-ring (bicyclic) bond motifs is 1. The first-order valence-corrected chi connectivity index (χ1v) is 6.38. The van der Waals surface area contributed by atoms with Crippen LogP contribution in [0.2, 0.25) is 0 Å². The Hall–Kier alpha value is -1.50. The van der Waals surface area contributed by atoms with Gasteiger partial charge >= 0.3 is 0 Å². The third kappa shape index (κ3) is 2.79. The lowest BCUT2D eigenvalue weighted by atomic mass is 9.98. The molecular weight excluding hydrogens is 206 g/mol. The van der Waals surface area contributed by atoms with Crippen LogP contribution in [-0.4, -0.2) is 0 Å². The molecule has 0 aromatic heterocycles. The first-order valence-electron chi connectivity index (χ1n) is 6.38. The van der Waals surface area contributed by atoms with E-state index in [0.29, 0.717) is 0 Å². The molecule has 0 bridgehead atoms. The smallest absolute Gasteiger partial charge is 0.0353 e. The number of anilines is 1. The minimum atomic E-state index is 0.929. The zero-order valence-electron chi connectivity index (χ0n) is 10.3. The van der Waals surface area contributed by atoms with Crippen molar-refractivity contribution in [3.8, 4) is 0 Å². The molecule has 0 amide bonds. The highest BCUT2D eigenvalue weighted by Gasteiger charge is 2.04. The van der Waals surface area contributed by atoms with Gasteiger partial charge in [0.1, 0.15) is 0 Å². The van der Waals surface area contributed by atoms with Crippen molar-refractivity contribution in [3.63, 3.8) is 0 Å². The van der Waals surface area contributed by atoms with Crippen LogP contribution in [0.4, 0.5) is 5.69 Å². The largest absolute Gasteiger partial charge is 0.398 e. The maximum Gasteiger partial charge on any atom is 0.0353 e. The maximum atomic E-state index is 6.09. The molecule has 2 aromatic rings. The van der Waals surface area contributed by atoms with Crippen molar-refractivity contribution in [2.24, 2.45) is 0 Å². The summed E-state index contributed by atoms with van der Waals surface area (Å²) in [5.41, 5.74) is 8.33. The van der Waals surface area contributed by atoms with Crippen LogP contribution < -0.4 is 5.73 Å². The molecule has 0 spiro atoms. The monoisotopic (exact) mass is 226 g/mol. The fourth-order valence-electron chi connectivity index (χ4n) is 2.29. The molecule has 0 atom stereocenters. The molecule has 1 radical (unpaired) electrons. The quantitative estimate of drug-likeness (QED) is 0.595. The molecule has 0 heterocycles. The second kappa shape index (κ2) is 5.72. The predicted molar refractivity (Wildman–Crippen MR) is 75.9 cm³/mol. The summed E-state index contributed by atoms with van der Waals surface area (Å²) in [6.07, 6.45) is 5.77. The predicted octanol–water partition coefficient (Wildman–Crippen LogP) is 4.36. The number of nitrogens with two attached hydrogens (primary N) is 1. The fourth-order valence-corrected chi connectivity index (χ4v) is 2.29. The van der Waals surface area contributed by atoms with Crippen molar-refractivity contribution < 1.29 is 0 Å². The molecule has 0 aliphatic carbocycles. The van der Waals surface area contributed by atoms with Crippen LogP contribution in [0, 0.1) is 6.92 Å². The number of benzene rings is 2. The van der Waals surface area contributed by atoms with E-state index in [4.69, 9.17) is 5.73 Å². The van der Waals surface area contributed by atoms with Gasteiger partial charge in [0.25, 0.3) is 0 Å². The molecule has 0 fully saturated rings. The van der Waals surface area contributed by atoms with Gasteiger partial charge in [-0.15, -0.1) is 0 Å². The molecule has 2 aromatic carbocycles. The van der Waals surface area contributed by atoms with E-state index in [-0.39, 0.29) is 0 Å². The van der Waals surface area contributed by atoms with Crippen molar-refractivity contribution in [1.29, 1.82) is 0 Å². The van der Waals surface area contributed by atoms with Crippen molar-refractivity contribution in [1.82, 2.24) is 0 Å². The summed E-state index contributed by atoms with van der Waals surface area (Å²) in [6.45, 7) is 3.87. The molecule has 0 aliphatic heterocycles. The highest BCUT2D eigenvalue weighted by atomic mass is 14.6. The molecule has 0 saturated heterocycles. The van der Waals surface area contributed by atoms with Crippen molar-refractivity contribution >= 4 is 16.5 Å². The summed E-state index contributed by atoms with van der Waals surface area (Å²) >= 11 is 0. The van der Waals surface area contributed by atoms with Crippen LogP contribution in [0.1, 0.15) is 31.2 Å². The lowest BCUT2D eigenvalue weighted by Gasteiger charge is -2.09. The Kier molecular flexibility index (Phi) is 4.03. The molecule has 2 N–H and O–H groups in total. The topological polar surface area (TPSA) is 26.0 Å². The minimum absolute atomic E-state index is 0.929. The highest BCUT2D eigenvalue weighted by molar-refractivity contribution is 5.89. The molecule has 0 saturated carbocycles. The average molecular weight is 226 g/mol. The standard InChI is InChI=1S/C16H20N/c1-2-3-4-5-10-15-14-9-7-6-8-13(14)11-12-16(15)17/h6-9,11-12H,1-5,10,17H2. The van der Waals surface area contributed by atoms with Crippen LogP contribution in [0.3, 0.4) is 0 Å². The van der Waals surface area contributed by atoms with Gasteiger partial charge in [-0.3, -0.25) is 0 Å². The highest BCUT2D eigenvalue weighted by Crippen LogP contribution is 2.25. The van der Waals surface area contributed by atoms with Crippen LogP contribution in [0.15, 0.2) is 36.4 Å². The fraction of sp³-hybridized carbons (Fsp3) is 0.312. The van der Waals surface area contributed by atoms with Crippen LogP contribution in [-0.2, 0) is 6.42 Å². The average Bonchev–Trinajstić information content (AvgIpc) is 2.37. The van der Waals surface area contributed by atoms with Gasteiger partial charge in [-0.25, -0.2) is 0 Å². The van der Waals surface area contributed by atoms with Gasteiger partial charge < -0.3 is 5.73 Å². The first-order chi connectivity index (χ1) is 8.33. The first kappa shape index (κ1) is 12.0. The van der Waals surface area contributed by atoms with E-state index < -0.39 is 0 Å². The molecule has 89 valence electrons. The van der Waals surface area contributed by atoms with E-state index in [1.807, 2.05) is 6.07 Å². The Morgan fingerprint density at radius 1 is 0.941 bits per heavy atom. The van der Waals surface area contributed by atoms with Crippen molar-refractivity contribution in [2.45, 2.75) is 32.1 Å². The Balaban J connectivity index is 2.22. The molecule has 0 aliphatic rings. The Morgan fingerprint density at radius 2 is 1.76 bits per heavy atom. The van der Waals surface area contributed by atoms with Crippen LogP contribution >= 0.6 is 0 Å². The van der Waals surface area contributed by atoms with E-state index in [2.05, 4.69) is 37.3 Å². The third-order valence-electron chi connectivity index (χ3n) is 3.25. The Labute approximate surface area is 104 Å². The summed E-state index contributed by atoms with van der Waals surface area (Å²) in [5, 5.41) is 2.59. The SMILES string of the molecule is [CH2]CCCCCc1c(N)ccc2ccccc12. The maximum absolute atomic E-state index is 6.09. The van der Waals surface area contributed by atoms with Gasteiger partial charge in [-0.05, 0) is 35.2 Å². The summed E-state index contributed by atoms with van der Waals surface area (Å²) in [5.74, 6) is 0.